The second-order valence-corrected chi connectivity index (χ2v) is 2.76. The summed E-state index contributed by atoms with van der Waals surface area (Å²) in [5, 5.41) is 3.34. The summed E-state index contributed by atoms with van der Waals surface area (Å²) in [4.78, 5) is 0. The molecular formula is C7H11N3OS. The van der Waals surface area contributed by atoms with Gasteiger partial charge in [0.1, 0.15) is 5.76 Å². The van der Waals surface area contributed by atoms with Crippen LogP contribution in [0.15, 0.2) is 22.8 Å². The fourth-order valence-corrected chi connectivity index (χ4v) is 1.02. The molecule has 12 heavy (non-hydrogen) atoms. The van der Waals surface area contributed by atoms with Crippen molar-refractivity contribution in [3.05, 3.63) is 24.2 Å². The van der Waals surface area contributed by atoms with E-state index < -0.39 is 0 Å². The summed E-state index contributed by atoms with van der Waals surface area (Å²) in [6.07, 6.45) is 1.62. The van der Waals surface area contributed by atoms with Crippen LogP contribution in [0.25, 0.3) is 0 Å². The van der Waals surface area contributed by atoms with Crippen molar-refractivity contribution in [1.29, 1.82) is 0 Å². The quantitative estimate of drug-likeness (QED) is 0.359. The SMILES string of the molecule is CC(NC(=S)NN)c1ccco1. The van der Waals surface area contributed by atoms with Gasteiger partial charge in [-0.25, -0.2) is 5.84 Å². The predicted molar refractivity (Wildman–Crippen MR) is 50.2 cm³/mol. The van der Waals surface area contributed by atoms with Crippen LogP contribution in [0.3, 0.4) is 0 Å². The molecule has 1 aromatic heterocycles. The summed E-state index contributed by atoms with van der Waals surface area (Å²) < 4.78 is 5.15. The van der Waals surface area contributed by atoms with Crippen LogP contribution in [0.5, 0.6) is 0 Å². The second kappa shape index (κ2) is 4.08. The van der Waals surface area contributed by atoms with Crippen LogP contribution in [-0.4, -0.2) is 5.11 Å². The van der Waals surface area contributed by atoms with E-state index >= 15 is 0 Å². The normalized spacial score (nSPS) is 12.2. The Morgan fingerprint density at radius 2 is 2.50 bits per heavy atom. The topological polar surface area (TPSA) is 63.2 Å². The Labute approximate surface area is 76.1 Å². The van der Waals surface area contributed by atoms with E-state index in [9.17, 15) is 0 Å². The summed E-state index contributed by atoms with van der Waals surface area (Å²) in [7, 11) is 0. The number of rotatable bonds is 2. The Morgan fingerprint density at radius 3 is 3.00 bits per heavy atom. The molecular weight excluding hydrogens is 174 g/mol. The van der Waals surface area contributed by atoms with E-state index in [1.54, 1.807) is 6.26 Å². The summed E-state index contributed by atoms with van der Waals surface area (Å²) >= 11 is 4.82. The summed E-state index contributed by atoms with van der Waals surface area (Å²) in [6.45, 7) is 1.93. The smallest absolute Gasteiger partial charge is 0.181 e. The standard InChI is InChI=1S/C7H11N3OS/c1-5(9-7(12)10-8)6-3-2-4-11-6/h2-5H,8H2,1H3,(H2,9,10,12). The lowest BCUT2D eigenvalue weighted by atomic mass is 10.3. The van der Waals surface area contributed by atoms with Crippen molar-refractivity contribution in [3.63, 3.8) is 0 Å². The number of hydrogen-bond acceptors (Lipinski definition) is 3. The third-order valence-electron chi connectivity index (χ3n) is 1.45. The Bertz CT molecular complexity index is 247. The first-order chi connectivity index (χ1) is 5.74. The molecule has 66 valence electrons. The van der Waals surface area contributed by atoms with Crippen molar-refractivity contribution in [3.8, 4) is 0 Å². The molecule has 4 nitrogen and oxygen atoms in total. The molecule has 0 saturated carbocycles. The van der Waals surface area contributed by atoms with E-state index in [-0.39, 0.29) is 6.04 Å². The number of hydrazine groups is 1. The van der Waals surface area contributed by atoms with Crippen LogP contribution in [-0.2, 0) is 0 Å². The Hall–Kier alpha value is -1.07. The molecule has 0 saturated heterocycles. The molecule has 1 rings (SSSR count). The highest BCUT2D eigenvalue weighted by molar-refractivity contribution is 7.80. The Kier molecular flexibility index (Phi) is 3.07. The minimum Gasteiger partial charge on any atom is -0.467 e. The third-order valence-corrected chi connectivity index (χ3v) is 1.68. The monoisotopic (exact) mass is 185 g/mol. The van der Waals surface area contributed by atoms with Gasteiger partial charge in [-0.3, -0.25) is 0 Å². The molecule has 0 aromatic carbocycles. The lowest BCUT2D eigenvalue weighted by Gasteiger charge is -2.12. The van der Waals surface area contributed by atoms with Crippen molar-refractivity contribution < 1.29 is 4.42 Å². The van der Waals surface area contributed by atoms with Gasteiger partial charge in [-0.05, 0) is 31.3 Å². The van der Waals surface area contributed by atoms with Gasteiger partial charge in [0, 0.05) is 0 Å². The Morgan fingerprint density at radius 1 is 1.75 bits per heavy atom. The highest BCUT2D eigenvalue weighted by Crippen LogP contribution is 2.11. The summed E-state index contributed by atoms with van der Waals surface area (Å²) in [5.41, 5.74) is 2.34. The van der Waals surface area contributed by atoms with Crippen LogP contribution in [0.4, 0.5) is 0 Å². The van der Waals surface area contributed by atoms with Crippen LogP contribution in [0.2, 0.25) is 0 Å². The van der Waals surface area contributed by atoms with Gasteiger partial charge < -0.3 is 15.2 Å². The largest absolute Gasteiger partial charge is 0.467 e. The molecule has 1 atom stereocenters. The van der Waals surface area contributed by atoms with Gasteiger partial charge in [0.25, 0.3) is 0 Å². The molecule has 0 aliphatic carbocycles. The van der Waals surface area contributed by atoms with E-state index in [0.29, 0.717) is 5.11 Å². The van der Waals surface area contributed by atoms with Gasteiger partial charge in [-0.1, -0.05) is 0 Å². The molecule has 0 aliphatic rings. The molecule has 0 radical (unpaired) electrons. The Balaban J connectivity index is 2.49. The fourth-order valence-electron chi connectivity index (χ4n) is 0.847. The van der Waals surface area contributed by atoms with E-state index in [1.807, 2.05) is 19.1 Å². The minimum absolute atomic E-state index is 0.0311. The molecule has 0 spiro atoms. The number of hydrogen-bond donors (Lipinski definition) is 3. The zero-order valence-corrected chi connectivity index (χ0v) is 7.52. The average molecular weight is 185 g/mol. The van der Waals surface area contributed by atoms with Gasteiger partial charge in [-0.15, -0.1) is 0 Å². The fraction of sp³-hybridized carbons (Fsp3) is 0.286. The first-order valence-electron chi connectivity index (χ1n) is 3.54. The van der Waals surface area contributed by atoms with Crippen molar-refractivity contribution in [2.45, 2.75) is 13.0 Å². The molecule has 1 aromatic rings. The second-order valence-electron chi connectivity index (χ2n) is 2.35. The van der Waals surface area contributed by atoms with E-state index in [1.165, 1.54) is 0 Å². The average Bonchev–Trinajstić information content (AvgIpc) is 2.56. The van der Waals surface area contributed by atoms with Crippen LogP contribution in [0.1, 0.15) is 18.7 Å². The van der Waals surface area contributed by atoms with E-state index in [0.717, 1.165) is 5.76 Å². The van der Waals surface area contributed by atoms with Crippen LogP contribution >= 0.6 is 12.2 Å². The van der Waals surface area contributed by atoms with Crippen molar-refractivity contribution in [2.75, 3.05) is 0 Å². The molecule has 1 heterocycles. The van der Waals surface area contributed by atoms with Crippen molar-refractivity contribution in [2.24, 2.45) is 5.84 Å². The van der Waals surface area contributed by atoms with Gasteiger partial charge in [-0.2, -0.15) is 0 Å². The van der Waals surface area contributed by atoms with Gasteiger partial charge >= 0.3 is 0 Å². The maximum atomic E-state index is 5.15. The maximum Gasteiger partial charge on any atom is 0.181 e. The highest BCUT2D eigenvalue weighted by atomic mass is 32.1. The highest BCUT2D eigenvalue weighted by Gasteiger charge is 2.07. The van der Waals surface area contributed by atoms with Gasteiger partial charge in [0.05, 0.1) is 12.3 Å². The van der Waals surface area contributed by atoms with Crippen molar-refractivity contribution in [1.82, 2.24) is 10.7 Å². The number of thiocarbonyl (C=S) groups is 1. The lowest BCUT2D eigenvalue weighted by molar-refractivity contribution is 0.462. The summed E-state index contributed by atoms with van der Waals surface area (Å²) in [5.74, 6) is 5.92. The molecule has 5 heteroatoms. The van der Waals surface area contributed by atoms with Crippen LogP contribution in [0, 0.1) is 0 Å². The lowest BCUT2D eigenvalue weighted by Crippen LogP contribution is -2.40. The van der Waals surface area contributed by atoms with E-state index in [4.69, 9.17) is 22.5 Å². The minimum atomic E-state index is 0.0311. The molecule has 0 amide bonds. The third kappa shape index (κ3) is 2.21. The summed E-state index contributed by atoms with van der Waals surface area (Å²) in [6, 6.07) is 3.73. The molecule has 0 aliphatic heterocycles. The first-order valence-corrected chi connectivity index (χ1v) is 3.95. The van der Waals surface area contributed by atoms with Gasteiger partial charge in [0.15, 0.2) is 5.11 Å². The zero-order valence-electron chi connectivity index (χ0n) is 6.70. The maximum absolute atomic E-state index is 5.15. The van der Waals surface area contributed by atoms with Crippen LogP contribution < -0.4 is 16.6 Å². The predicted octanol–water partition coefficient (Wildman–Crippen LogP) is 0.678. The zero-order chi connectivity index (χ0) is 8.97. The molecule has 0 bridgehead atoms. The first kappa shape index (κ1) is 9.02. The molecule has 1 unspecified atom stereocenters. The molecule has 0 fully saturated rings. The number of nitrogens with two attached hydrogens (primary N) is 1. The molecule has 4 N–H and O–H groups in total. The van der Waals surface area contributed by atoms with E-state index in [2.05, 4.69) is 10.7 Å². The number of nitrogens with one attached hydrogen (secondary N) is 2. The van der Waals surface area contributed by atoms with Gasteiger partial charge in [0.2, 0.25) is 0 Å². The number of furan rings is 1. The van der Waals surface area contributed by atoms with Crippen molar-refractivity contribution >= 4 is 17.3 Å².